The van der Waals surface area contributed by atoms with Gasteiger partial charge in [-0.05, 0) is 47.6 Å². The lowest BCUT2D eigenvalue weighted by molar-refractivity contribution is -0.0243. The zero-order chi connectivity index (χ0) is 12.8. The summed E-state index contributed by atoms with van der Waals surface area (Å²) in [4.78, 5) is 5.11. The van der Waals surface area contributed by atoms with Crippen molar-refractivity contribution in [2.24, 2.45) is 5.92 Å². The molecule has 0 unspecified atom stereocenters. The Bertz CT molecular complexity index is 271. The van der Waals surface area contributed by atoms with E-state index in [9.17, 15) is 5.11 Å². The largest absolute Gasteiger partial charge is 0.390 e. The van der Waals surface area contributed by atoms with Crippen molar-refractivity contribution in [3.63, 3.8) is 0 Å². The third-order valence-corrected chi connectivity index (χ3v) is 4.55. The van der Waals surface area contributed by atoms with Gasteiger partial charge in [0.1, 0.15) is 0 Å². The molecule has 2 saturated heterocycles. The lowest BCUT2D eigenvalue weighted by Gasteiger charge is -2.50. The van der Waals surface area contributed by atoms with Crippen molar-refractivity contribution < 1.29 is 5.11 Å². The van der Waals surface area contributed by atoms with Gasteiger partial charge in [0.05, 0.1) is 5.60 Å². The molecule has 2 fully saturated rings. The predicted molar refractivity (Wildman–Crippen MR) is 71.1 cm³/mol. The van der Waals surface area contributed by atoms with Crippen LogP contribution in [-0.2, 0) is 0 Å². The lowest BCUT2D eigenvalue weighted by atomic mass is 9.90. The summed E-state index contributed by atoms with van der Waals surface area (Å²) in [5, 5.41) is 10.1. The average molecular weight is 240 g/mol. The first kappa shape index (κ1) is 13.3. The van der Waals surface area contributed by atoms with Gasteiger partial charge in [0.25, 0.3) is 0 Å². The Morgan fingerprint density at radius 3 is 2.00 bits per heavy atom. The molecule has 2 heterocycles. The summed E-state index contributed by atoms with van der Waals surface area (Å²) in [5.41, 5.74) is -0.200. The first-order valence-electron chi connectivity index (χ1n) is 6.89. The number of nitrogens with zero attached hydrogens (tertiary/aromatic N) is 2. The maximum Gasteiger partial charge on any atom is 0.0632 e. The Morgan fingerprint density at radius 2 is 1.59 bits per heavy atom. The zero-order valence-electron chi connectivity index (χ0n) is 12.0. The van der Waals surface area contributed by atoms with Crippen LogP contribution in [0.1, 0.15) is 41.0 Å². The van der Waals surface area contributed by atoms with Crippen LogP contribution in [0.15, 0.2) is 0 Å². The third kappa shape index (κ3) is 2.83. The van der Waals surface area contributed by atoms with Crippen molar-refractivity contribution in [1.29, 1.82) is 0 Å². The van der Waals surface area contributed by atoms with Gasteiger partial charge < -0.3 is 5.11 Å². The SMILES string of the molecule is CC(C)(O)[C@@H]1CCN(C2CN(C(C)(C)C)C2)C1. The molecule has 0 saturated carbocycles. The summed E-state index contributed by atoms with van der Waals surface area (Å²) in [6, 6.07) is 0.724. The van der Waals surface area contributed by atoms with Crippen molar-refractivity contribution in [2.75, 3.05) is 26.2 Å². The van der Waals surface area contributed by atoms with Crippen LogP contribution >= 0.6 is 0 Å². The van der Waals surface area contributed by atoms with Gasteiger partial charge in [0, 0.05) is 37.1 Å². The van der Waals surface area contributed by atoms with Gasteiger partial charge in [0.15, 0.2) is 0 Å². The first-order chi connectivity index (χ1) is 7.68. The van der Waals surface area contributed by atoms with Crippen LogP contribution in [0.3, 0.4) is 0 Å². The molecule has 0 aliphatic carbocycles. The van der Waals surface area contributed by atoms with Gasteiger partial charge >= 0.3 is 0 Å². The molecule has 2 rings (SSSR count). The van der Waals surface area contributed by atoms with E-state index in [1.54, 1.807) is 0 Å². The summed E-state index contributed by atoms with van der Waals surface area (Å²) < 4.78 is 0. The fraction of sp³-hybridized carbons (Fsp3) is 1.00. The maximum absolute atomic E-state index is 10.1. The highest BCUT2D eigenvalue weighted by atomic mass is 16.3. The molecule has 3 heteroatoms. The summed E-state index contributed by atoms with van der Waals surface area (Å²) in [6.45, 7) is 15.4. The molecule has 0 amide bonds. The maximum atomic E-state index is 10.1. The lowest BCUT2D eigenvalue weighted by Crippen LogP contribution is -2.64. The minimum absolute atomic E-state index is 0.311. The van der Waals surface area contributed by atoms with Gasteiger partial charge in [-0.25, -0.2) is 0 Å². The van der Waals surface area contributed by atoms with Crippen molar-refractivity contribution in [1.82, 2.24) is 9.80 Å². The molecule has 0 spiro atoms. The van der Waals surface area contributed by atoms with Crippen molar-refractivity contribution in [2.45, 2.75) is 58.2 Å². The van der Waals surface area contributed by atoms with Gasteiger partial charge in [-0.1, -0.05) is 0 Å². The Hall–Kier alpha value is -0.120. The second-order valence-corrected chi connectivity index (χ2v) is 7.36. The van der Waals surface area contributed by atoms with E-state index >= 15 is 0 Å². The van der Waals surface area contributed by atoms with E-state index in [0.29, 0.717) is 11.5 Å². The minimum atomic E-state index is -0.512. The van der Waals surface area contributed by atoms with E-state index in [2.05, 4.69) is 30.6 Å². The molecular formula is C14H28N2O. The number of likely N-dealkylation sites (tertiary alicyclic amines) is 2. The summed E-state index contributed by atoms with van der Waals surface area (Å²) >= 11 is 0. The van der Waals surface area contributed by atoms with E-state index < -0.39 is 5.60 Å². The number of hydrogen-bond acceptors (Lipinski definition) is 3. The van der Waals surface area contributed by atoms with Crippen LogP contribution in [0.4, 0.5) is 0 Å². The number of aliphatic hydroxyl groups is 1. The van der Waals surface area contributed by atoms with Crippen LogP contribution in [0.2, 0.25) is 0 Å². The summed E-state index contributed by atoms with van der Waals surface area (Å²) in [7, 11) is 0. The highest BCUT2D eigenvalue weighted by Gasteiger charge is 2.42. The molecule has 0 aromatic rings. The molecule has 2 aliphatic heterocycles. The fourth-order valence-electron chi connectivity index (χ4n) is 2.93. The summed E-state index contributed by atoms with van der Waals surface area (Å²) in [6.07, 6.45) is 1.15. The molecule has 0 bridgehead atoms. The molecule has 3 nitrogen and oxygen atoms in total. The second kappa shape index (κ2) is 4.22. The van der Waals surface area contributed by atoms with E-state index in [-0.39, 0.29) is 0 Å². The normalized spacial score (nSPS) is 29.6. The molecule has 0 radical (unpaired) electrons. The topological polar surface area (TPSA) is 26.7 Å². The van der Waals surface area contributed by atoms with Crippen LogP contribution in [0, 0.1) is 5.92 Å². The van der Waals surface area contributed by atoms with Gasteiger partial charge in [-0.2, -0.15) is 0 Å². The van der Waals surface area contributed by atoms with Crippen LogP contribution in [0.5, 0.6) is 0 Å². The van der Waals surface area contributed by atoms with Crippen molar-refractivity contribution >= 4 is 0 Å². The molecule has 0 aromatic carbocycles. The Morgan fingerprint density at radius 1 is 1.00 bits per heavy atom. The monoisotopic (exact) mass is 240 g/mol. The van der Waals surface area contributed by atoms with E-state index in [1.807, 2.05) is 13.8 Å². The molecular weight excluding hydrogens is 212 g/mol. The Balaban J connectivity index is 1.81. The van der Waals surface area contributed by atoms with Crippen molar-refractivity contribution in [3.05, 3.63) is 0 Å². The van der Waals surface area contributed by atoms with Crippen LogP contribution in [-0.4, -0.2) is 58.3 Å². The van der Waals surface area contributed by atoms with Gasteiger partial charge in [-0.15, -0.1) is 0 Å². The first-order valence-corrected chi connectivity index (χ1v) is 6.89. The zero-order valence-corrected chi connectivity index (χ0v) is 12.0. The second-order valence-electron chi connectivity index (χ2n) is 7.36. The fourth-order valence-corrected chi connectivity index (χ4v) is 2.93. The Kier molecular flexibility index (Phi) is 3.30. The molecule has 0 aromatic heterocycles. The quantitative estimate of drug-likeness (QED) is 0.793. The van der Waals surface area contributed by atoms with E-state index in [0.717, 1.165) is 25.6 Å². The number of rotatable bonds is 2. The van der Waals surface area contributed by atoms with Crippen LogP contribution in [0.25, 0.3) is 0 Å². The standard InChI is InChI=1S/C14H28N2O/c1-13(2,3)16-9-12(10-16)15-7-6-11(8-15)14(4,5)17/h11-12,17H,6-10H2,1-5H3/t11-/m1/s1. The molecule has 1 atom stereocenters. The smallest absolute Gasteiger partial charge is 0.0632 e. The minimum Gasteiger partial charge on any atom is -0.390 e. The van der Waals surface area contributed by atoms with E-state index in [4.69, 9.17) is 0 Å². The van der Waals surface area contributed by atoms with Gasteiger partial charge in [-0.3, -0.25) is 9.80 Å². The molecule has 1 N–H and O–H groups in total. The number of hydrogen-bond donors (Lipinski definition) is 1. The van der Waals surface area contributed by atoms with Gasteiger partial charge in [0.2, 0.25) is 0 Å². The van der Waals surface area contributed by atoms with E-state index in [1.165, 1.54) is 13.1 Å². The molecule has 17 heavy (non-hydrogen) atoms. The van der Waals surface area contributed by atoms with Crippen molar-refractivity contribution in [3.8, 4) is 0 Å². The summed E-state index contributed by atoms with van der Waals surface area (Å²) in [5.74, 6) is 0.450. The predicted octanol–water partition coefficient (Wildman–Crippen LogP) is 1.56. The highest BCUT2D eigenvalue weighted by Crippen LogP contribution is 2.32. The third-order valence-electron chi connectivity index (χ3n) is 4.55. The molecule has 2 aliphatic rings. The molecule has 100 valence electrons. The Labute approximate surface area is 106 Å². The highest BCUT2D eigenvalue weighted by molar-refractivity contribution is 4.98. The average Bonchev–Trinajstić information content (AvgIpc) is 2.45. The van der Waals surface area contributed by atoms with Crippen LogP contribution < -0.4 is 0 Å².